The molecule has 7 heteroatoms. The molecule has 5 rings (SSSR count). The van der Waals surface area contributed by atoms with Crippen LogP contribution in [0.25, 0.3) is 22.2 Å². The summed E-state index contributed by atoms with van der Waals surface area (Å²) in [5, 5.41) is 3.45. The maximum Gasteiger partial charge on any atom is 0.284 e. The Kier molecular flexibility index (Phi) is 8.18. The molecule has 1 aromatic heterocycles. The van der Waals surface area contributed by atoms with Crippen LogP contribution in [0.2, 0.25) is 0 Å². The summed E-state index contributed by atoms with van der Waals surface area (Å²) in [4.78, 5) is 28.8. The van der Waals surface area contributed by atoms with E-state index in [1.807, 2.05) is 24.3 Å². The van der Waals surface area contributed by atoms with Gasteiger partial charge in [0.25, 0.3) is 11.1 Å². The third-order valence-corrected chi connectivity index (χ3v) is 7.30. The van der Waals surface area contributed by atoms with Crippen LogP contribution in [0.15, 0.2) is 63.2 Å². The fraction of sp³-hybridized carbons (Fsp3) is 0.464. The van der Waals surface area contributed by atoms with Crippen LogP contribution in [0.1, 0.15) is 46.0 Å². The quantitative estimate of drug-likeness (QED) is 0.327. The van der Waals surface area contributed by atoms with Crippen LogP contribution in [0.5, 0.6) is 0 Å². The number of hydrogen-bond acceptors (Lipinski definition) is 5. The molecule has 3 aliphatic carbocycles. The summed E-state index contributed by atoms with van der Waals surface area (Å²) in [7, 11) is 0. The number of aromatic nitrogens is 2. The first-order chi connectivity index (χ1) is 17.1. The largest absolute Gasteiger partial charge is 0.322 e. The molecule has 1 fully saturated rings. The highest BCUT2D eigenvalue weighted by atomic mass is 16.1. The zero-order chi connectivity index (χ0) is 24.8. The average Bonchev–Trinajstić information content (AvgIpc) is 3.51. The van der Waals surface area contributed by atoms with Crippen molar-refractivity contribution in [1.29, 1.82) is 0 Å². The monoisotopic (exact) mass is 475 g/mol. The highest BCUT2D eigenvalue weighted by Gasteiger charge is 2.18. The molecule has 0 bridgehead atoms. The Bertz CT molecular complexity index is 1330. The summed E-state index contributed by atoms with van der Waals surface area (Å²) < 4.78 is 3.39. The Labute approximate surface area is 206 Å². The lowest BCUT2D eigenvalue weighted by atomic mass is 9.89. The molecule has 0 saturated heterocycles. The van der Waals surface area contributed by atoms with E-state index in [4.69, 9.17) is 5.84 Å². The van der Waals surface area contributed by atoms with Crippen LogP contribution in [-0.2, 0) is 13.1 Å². The smallest absolute Gasteiger partial charge is 0.284 e. The van der Waals surface area contributed by atoms with Crippen LogP contribution in [0.3, 0.4) is 0 Å². The third-order valence-electron chi connectivity index (χ3n) is 7.30. The van der Waals surface area contributed by atoms with Gasteiger partial charge in [-0.15, -0.1) is 0 Å². The number of rotatable bonds is 7. The number of hydrogen-bond donors (Lipinski definition) is 1. The molecule has 186 valence electrons. The average molecular weight is 476 g/mol. The van der Waals surface area contributed by atoms with Crippen LogP contribution in [0, 0.1) is 5.92 Å². The summed E-state index contributed by atoms with van der Waals surface area (Å²) in [6.07, 6.45) is 5.87. The lowest BCUT2D eigenvalue weighted by Gasteiger charge is -2.22. The molecular weight excluding hydrogens is 438 g/mol. The highest BCUT2D eigenvalue weighted by molar-refractivity contribution is 5.80. The fourth-order valence-electron chi connectivity index (χ4n) is 5.09. The third kappa shape index (κ3) is 5.73. The minimum atomic E-state index is -0.414. The predicted octanol–water partition coefficient (Wildman–Crippen LogP) is 3.53. The minimum Gasteiger partial charge on any atom is -0.322 e. The van der Waals surface area contributed by atoms with Gasteiger partial charge in [0.2, 0.25) is 5.36 Å². The van der Waals surface area contributed by atoms with Crippen LogP contribution in [-0.4, -0.2) is 33.7 Å². The maximum absolute atomic E-state index is 13.3. The van der Waals surface area contributed by atoms with Crippen molar-refractivity contribution < 1.29 is 0 Å². The van der Waals surface area contributed by atoms with Gasteiger partial charge >= 0.3 is 0 Å². The predicted molar refractivity (Wildman–Crippen MR) is 142 cm³/mol. The van der Waals surface area contributed by atoms with Crippen molar-refractivity contribution in [2.24, 2.45) is 16.9 Å². The van der Waals surface area contributed by atoms with E-state index < -0.39 is 5.56 Å². The van der Waals surface area contributed by atoms with Gasteiger partial charge in [0, 0.05) is 19.6 Å². The van der Waals surface area contributed by atoms with Crippen molar-refractivity contribution in [1.82, 2.24) is 14.0 Å². The minimum absolute atomic E-state index is 0.184. The number of nitrogens with two attached hydrogens (primary N) is 1. The molecule has 1 heterocycles. The molecule has 2 N–H and O–H groups in total. The first-order valence-electron chi connectivity index (χ1n) is 12.9. The molecule has 1 saturated carbocycles. The van der Waals surface area contributed by atoms with E-state index >= 15 is 0 Å². The first kappa shape index (κ1) is 24.9. The van der Waals surface area contributed by atoms with Gasteiger partial charge in [-0.3, -0.25) is 9.59 Å². The van der Waals surface area contributed by atoms with Gasteiger partial charge in [0.1, 0.15) is 0 Å². The molecule has 1 aromatic carbocycles. The second-order valence-corrected chi connectivity index (χ2v) is 9.45. The first-order valence-corrected chi connectivity index (χ1v) is 12.9. The van der Waals surface area contributed by atoms with E-state index in [0.29, 0.717) is 19.0 Å². The molecule has 0 atom stereocenters. The number of likely N-dealkylation sites (N-methyl/N-ethyl adjacent to an activating group) is 1. The van der Waals surface area contributed by atoms with E-state index in [2.05, 4.69) is 48.1 Å². The summed E-state index contributed by atoms with van der Waals surface area (Å²) in [5.41, 5.74) is 3.58. The summed E-state index contributed by atoms with van der Waals surface area (Å²) in [6.45, 7) is 7.83. The topological polar surface area (TPSA) is 85.6 Å². The molecular formula is C28H37N5O2. The second kappa shape index (κ2) is 11.5. The zero-order valence-electron chi connectivity index (χ0n) is 20.9. The SMILES string of the molecule is CCN(CC)CCn1c(=O)c(=NN)c(=O)n(CC2CCCCC2)c2ccccc21.c1cc2cc-2c1. The molecule has 2 aromatic rings. The van der Waals surface area contributed by atoms with Crippen molar-refractivity contribution in [3.05, 3.63) is 74.6 Å². The number of benzene rings is 2. The van der Waals surface area contributed by atoms with E-state index in [9.17, 15) is 9.59 Å². The van der Waals surface area contributed by atoms with Gasteiger partial charge in [0.15, 0.2) is 0 Å². The molecule has 0 radical (unpaired) electrons. The normalized spacial score (nSPS) is 15.2. The van der Waals surface area contributed by atoms with E-state index in [0.717, 1.165) is 43.5 Å². The second-order valence-electron chi connectivity index (χ2n) is 9.45. The van der Waals surface area contributed by atoms with Crippen molar-refractivity contribution in [3.8, 4) is 11.1 Å². The van der Waals surface area contributed by atoms with Gasteiger partial charge in [-0.2, -0.15) is 5.10 Å². The summed E-state index contributed by atoms with van der Waals surface area (Å²) >= 11 is 0. The number of para-hydroxylation sites is 2. The van der Waals surface area contributed by atoms with Crippen molar-refractivity contribution >= 4 is 11.0 Å². The molecule has 35 heavy (non-hydrogen) atoms. The molecule has 3 aliphatic rings. The molecule has 0 unspecified atom stereocenters. The Morgan fingerprint density at radius 3 is 2.00 bits per heavy atom. The fourth-order valence-corrected chi connectivity index (χ4v) is 5.09. The van der Waals surface area contributed by atoms with E-state index in [-0.39, 0.29) is 10.9 Å². The lowest BCUT2D eigenvalue weighted by Crippen LogP contribution is -2.46. The molecule has 0 spiro atoms. The van der Waals surface area contributed by atoms with Gasteiger partial charge < -0.3 is 19.9 Å². The Hall–Kier alpha value is -3.19. The Morgan fingerprint density at radius 1 is 0.886 bits per heavy atom. The molecule has 0 aliphatic heterocycles. The Morgan fingerprint density at radius 2 is 1.49 bits per heavy atom. The number of nitrogens with zero attached hydrogens (tertiary/aromatic N) is 4. The van der Waals surface area contributed by atoms with Gasteiger partial charge in [0.05, 0.1) is 11.0 Å². The standard InChI is InChI=1S/C22H33N5O2.C6H4/c1-3-25(4-2)14-15-26-18-12-8-9-13-19(18)27(16-17-10-6-5-7-11-17)22(29)20(24-23)21(26)28;1-2-5-4-6(5)3-1/h8-9,12-13,17H,3-7,10-11,14-16,23H2,1-2H3;1-4H. The summed E-state index contributed by atoms with van der Waals surface area (Å²) in [6, 6.07) is 16.1. The van der Waals surface area contributed by atoms with Crippen LogP contribution < -0.4 is 22.3 Å². The van der Waals surface area contributed by atoms with Gasteiger partial charge in [-0.05, 0) is 61.2 Å². The lowest BCUT2D eigenvalue weighted by molar-refractivity contribution is 0.290. The molecule has 0 amide bonds. The van der Waals surface area contributed by atoms with Crippen LogP contribution in [0.4, 0.5) is 0 Å². The Balaban J connectivity index is 0.000000411. The zero-order valence-corrected chi connectivity index (χ0v) is 20.9. The van der Waals surface area contributed by atoms with Crippen molar-refractivity contribution in [2.75, 3.05) is 19.6 Å². The molecule has 7 nitrogen and oxygen atoms in total. The summed E-state index contributed by atoms with van der Waals surface area (Å²) in [5.74, 6) is 5.98. The van der Waals surface area contributed by atoms with Crippen LogP contribution >= 0.6 is 0 Å². The highest BCUT2D eigenvalue weighted by Crippen LogP contribution is 2.32. The van der Waals surface area contributed by atoms with E-state index in [1.54, 1.807) is 9.13 Å². The van der Waals surface area contributed by atoms with Crippen molar-refractivity contribution in [3.63, 3.8) is 0 Å². The van der Waals surface area contributed by atoms with Gasteiger partial charge in [-0.25, -0.2) is 0 Å². The number of fused-ring (bicyclic) bond motifs is 2. The van der Waals surface area contributed by atoms with E-state index in [1.165, 1.54) is 30.4 Å². The van der Waals surface area contributed by atoms with Crippen molar-refractivity contribution in [2.45, 2.75) is 59.0 Å². The maximum atomic E-state index is 13.3. The van der Waals surface area contributed by atoms with Gasteiger partial charge in [-0.1, -0.05) is 63.4 Å².